The molecule has 0 aliphatic carbocycles. The van der Waals surface area contributed by atoms with Gasteiger partial charge in [0, 0.05) is 23.0 Å². The summed E-state index contributed by atoms with van der Waals surface area (Å²) in [5.74, 6) is 0.431. The second-order valence-electron chi connectivity index (χ2n) is 9.18. The first-order valence-corrected chi connectivity index (χ1v) is 10.9. The summed E-state index contributed by atoms with van der Waals surface area (Å²) < 4.78 is 25.1. The lowest BCUT2D eigenvalue weighted by Crippen LogP contribution is -2.37. The Bertz CT molecular complexity index is 1170. The Hall–Kier alpha value is -3.41. The molecule has 3 aromatic rings. The summed E-state index contributed by atoms with van der Waals surface area (Å²) in [5, 5.41) is 0. The van der Waals surface area contributed by atoms with E-state index in [1.165, 1.54) is 12.1 Å². The van der Waals surface area contributed by atoms with E-state index in [1.807, 2.05) is 65.8 Å². The SMILES string of the molecule is COc1c(C)cnc(CN(C(=O)OC(C)(C)C)c2cc(C)cc(-c3cccc(F)c3)c2)c1C. The smallest absolute Gasteiger partial charge is 0.415 e. The van der Waals surface area contributed by atoms with Crippen LogP contribution in [0.15, 0.2) is 48.7 Å². The minimum Gasteiger partial charge on any atom is -0.496 e. The van der Waals surface area contributed by atoms with Crippen molar-refractivity contribution in [3.8, 4) is 16.9 Å². The van der Waals surface area contributed by atoms with Gasteiger partial charge in [-0.25, -0.2) is 9.18 Å². The van der Waals surface area contributed by atoms with Gasteiger partial charge >= 0.3 is 6.09 Å². The molecule has 0 radical (unpaired) electrons. The van der Waals surface area contributed by atoms with E-state index in [0.717, 1.165) is 33.6 Å². The summed E-state index contributed by atoms with van der Waals surface area (Å²) in [6, 6.07) is 12.1. The topological polar surface area (TPSA) is 51.7 Å². The molecule has 0 aliphatic heterocycles. The lowest BCUT2D eigenvalue weighted by atomic mass is 10.0. The number of ether oxygens (including phenoxy) is 2. The monoisotopic (exact) mass is 450 g/mol. The van der Waals surface area contributed by atoms with Crippen molar-refractivity contribution in [2.45, 2.75) is 53.7 Å². The minimum atomic E-state index is -0.669. The molecule has 0 fully saturated rings. The van der Waals surface area contributed by atoms with Crippen molar-refractivity contribution >= 4 is 11.8 Å². The zero-order valence-corrected chi connectivity index (χ0v) is 20.3. The lowest BCUT2D eigenvalue weighted by molar-refractivity contribution is 0.0577. The second-order valence-corrected chi connectivity index (χ2v) is 9.18. The van der Waals surface area contributed by atoms with Crippen LogP contribution in [-0.4, -0.2) is 23.8 Å². The fourth-order valence-corrected chi connectivity index (χ4v) is 3.71. The fourth-order valence-electron chi connectivity index (χ4n) is 3.71. The van der Waals surface area contributed by atoms with E-state index in [2.05, 4.69) is 4.98 Å². The Balaban J connectivity index is 2.10. The maximum absolute atomic E-state index is 13.9. The van der Waals surface area contributed by atoms with Crippen molar-refractivity contribution in [2.24, 2.45) is 0 Å². The van der Waals surface area contributed by atoms with E-state index < -0.39 is 11.7 Å². The molecule has 3 rings (SSSR count). The zero-order valence-electron chi connectivity index (χ0n) is 20.3. The third-order valence-corrected chi connectivity index (χ3v) is 5.20. The number of carbonyl (C=O) groups is 1. The number of benzene rings is 2. The van der Waals surface area contributed by atoms with Crippen molar-refractivity contribution in [3.63, 3.8) is 0 Å². The minimum absolute atomic E-state index is 0.198. The quantitative estimate of drug-likeness (QED) is 0.431. The number of carbonyl (C=O) groups excluding carboxylic acids is 1. The highest BCUT2D eigenvalue weighted by Gasteiger charge is 2.26. The molecule has 0 N–H and O–H groups in total. The van der Waals surface area contributed by atoms with Gasteiger partial charge in [-0.15, -0.1) is 0 Å². The van der Waals surface area contributed by atoms with Crippen LogP contribution in [0.25, 0.3) is 11.1 Å². The zero-order chi connectivity index (χ0) is 24.3. The summed E-state index contributed by atoms with van der Waals surface area (Å²) in [6.45, 7) is 11.5. The van der Waals surface area contributed by atoms with Crippen LogP contribution in [0.4, 0.5) is 14.9 Å². The van der Waals surface area contributed by atoms with Crippen LogP contribution < -0.4 is 9.64 Å². The number of methoxy groups -OCH3 is 1. The average Bonchev–Trinajstić information content (AvgIpc) is 2.72. The molecule has 174 valence electrons. The van der Waals surface area contributed by atoms with Crippen LogP contribution in [0, 0.1) is 26.6 Å². The highest BCUT2D eigenvalue weighted by Crippen LogP contribution is 2.31. The number of aryl methyl sites for hydroxylation is 2. The van der Waals surface area contributed by atoms with Gasteiger partial charge in [-0.1, -0.05) is 18.2 Å². The van der Waals surface area contributed by atoms with Crippen molar-refractivity contribution in [2.75, 3.05) is 12.0 Å². The Morgan fingerprint density at radius 1 is 1.06 bits per heavy atom. The molecule has 0 unspecified atom stereocenters. The van der Waals surface area contributed by atoms with Crippen LogP contribution in [0.2, 0.25) is 0 Å². The molecule has 0 atom stereocenters. The number of aromatic nitrogens is 1. The van der Waals surface area contributed by atoms with Gasteiger partial charge in [0.15, 0.2) is 0 Å². The van der Waals surface area contributed by atoms with Gasteiger partial charge in [0.05, 0.1) is 19.3 Å². The molecule has 1 heterocycles. The van der Waals surface area contributed by atoms with Gasteiger partial charge in [0.1, 0.15) is 17.2 Å². The number of hydrogen-bond donors (Lipinski definition) is 0. The largest absolute Gasteiger partial charge is 0.496 e. The standard InChI is InChI=1S/C27H31FN2O3/c1-17-11-21(20-9-8-10-22(28)13-20)14-23(12-17)30(26(31)33-27(4,5)6)16-24-19(3)25(32-7)18(2)15-29-24/h8-15H,16H2,1-7H3. The molecule has 1 amide bonds. The Morgan fingerprint density at radius 2 is 1.79 bits per heavy atom. The Labute approximate surface area is 195 Å². The average molecular weight is 451 g/mol. The summed E-state index contributed by atoms with van der Waals surface area (Å²) in [5.41, 5.74) is 4.95. The Kier molecular flexibility index (Phi) is 7.06. The van der Waals surface area contributed by atoms with Crippen molar-refractivity contribution in [1.29, 1.82) is 0 Å². The van der Waals surface area contributed by atoms with Gasteiger partial charge in [0.25, 0.3) is 0 Å². The van der Waals surface area contributed by atoms with Crippen LogP contribution in [0.3, 0.4) is 0 Å². The lowest BCUT2D eigenvalue weighted by Gasteiger charge is -2.28. The van der Waals surface area contributed by atoms with Crippen LogP contribution in [0.5, 0.6) is 5.75 Å². The molecule has 0 saturated carbocycles. The van der Waals surface area contributed by atoms with E-state index in [4.69, 9.17) is 9.47 Å². The number of halogens is 1. The van der Waals surface area contributed by atoms with Gasteiger partial charge < -0.3 is 9.47 Å². The fraction of sp³-hybridized carbons (Fsp3) is 0.333. The van der Waals surface area contributed by atoms with E-state index in [1.54, 1.807) is 24.3 Å². The number of rotatable bonds is 5. The highest BCUT2D eigenvalue weighted by atomic mass is 19.1. The van der Waals surface area contributed by atoms with Gasteiger partial charge in [-0.3, -0.25) is 9.88 Å². The molecule has 0 spiro atoms. The molecule has 33 heavy (non-hydrogen) atoms. The van der Waals surface area contributed by atoms with E-state index >= 15 is 0 Å². The van der Waals surface area contributed by atoms with E-state index in [9.17, 15) is 9.18 Å². The predicted octanol–water partition coefficient (Wildman–Crippen LogP) is 6.76. The first kappa shape index (κ1) is 24.2. The Morgan fingerprint density at radius 3 is 2.42 bits per heavy atom. The van der Waals surface area contributed by atoms with Gasteiger partial charge in [-0.05, 0) is 82.5 Å². The van der Waals surface area contributed by atoms with Crippen LogP contribution >= 0.6 is 0 Å². The first-order chi connectivity index (χ1) is 15.5. The molecule has 2 aromatic carbocycles. The molecule has 1 aromatic heterocycles. The van der Waals surface area contributed by atoms with Crippen molar-refractivity contribution in [3.05, 3.63) is 76.9 Å². The maximum atomic E-state index is 13.9. The van der Waals surface area contributed by atoms with Gasteiger partial charge in [-0.2, -0.15) is 0 Å². The predicted molar refractivity (Wildman–Crippen MR) is 129 cm³/mol. The summed E-state index contributed by atoms with van der Waals surface area (Å²) in [7, 11) is 1.62. The molecular weight excluding hydrogens is 419 g/mol. The van der Waals surface area contributed by atoms with E-state index in [-0.39, 0.29) is 12.4 Å². The second kappa shape index (κ2) is 9.61. The number of nitrogens with zero attached hydrogens (tertiary/aromatic N) is 2. The maximum Gasteiger partial charge on any atom is 0.415 e. The summed E-state index contributed by atoms with van der Waals surface area (Å²) >= 11 is 0. The third-order valence-electron chi connectivity index (χ3n) is 5.20. The molecular formula is C27H31FN2O3. The summed E-state index contributed by atoms with van der Waals surface area (Å²) in [6.07, 6.45) is 1.25. The molecule has 0 saturated heterocycles. The number of anilines is 1. The van der Waals surface area contributed by atoms with Crippen LogP contribution in [-0.2, 0) is 11.3 Å². The van der Waals surface area contributed by atoms with Crippen LogP contribution in [0.1, 0.15) is 43.2 Å². The molecule has 5 nitrogen and oxygen atoms in total. The van der Waals surface area contributed by atoms with Crippen molar-refractivity contribution < 1.29 is 18.7 Å². The molecule has 6 heteroatoms. The van der Waals surface area contributed by atoms with Crippen molar-refractivity contribution in [1.82, 2.24) is 4.98 Å². The number of hydrogen-bond acceptors (Lipinski definition) is 4. The number of pyridine rings is 1. The molecule has 0 bridgehead atoms. The summed E-state index contributed by atoms with van der Waals surface area (Å²) in [4.78, 5) is 19.4. The van der Waals surface area contributed by atoms with E-state index in [0.29, 0.717) is 11.4 Å². The normalized spacial score (nSPS) is 11.3. The number of amides is 1. The first-order valence-electron chi connectivity index (χ1n) is 10.9. The molecule has 0 aliphatic rings. The van der Waals surface area contributed by atoms with Gasteiger partial charge in [0.2, 0.25) is 0 Å². The highest BCUT2D eigenvalue weighted by molar-refractivity contribution is 5.89. The third kappa shape index (κ3) is 5.89.